The van der Waals surface area contributed by atoms with Gasteiger partial charge in [0.1, 0.15) is 0 Å². The van der Waals surface area contributed by atoms with Crippen LogP contribution in [0.3, 0.4) is 0 Å². The van der Waals surface area contributed by atoms with Gasteiger partial charge in [-0.1, -0.05) is 6.92 Å². The van der Waals surface area contributed by atoms with Crippen LogP contribution in [-0.4, -0.2) is 69.4 Å². The molecule has 0 aliphatic rings. The van der Waals surface area contributed by atoms with Gasteiger partial charge in [0.2, 0.25) is 0 Å². The van der Waals surface area contributed by atoms with E-state index in [9.17, 15) is 14.4 Å². The minimum absolute atomic E-state index is 0.252. The molecule has 0 fully saturated rings. The van der Waals surface area contributed by atoms with Crippen LogP contribution in [0, 0.1) is 5.41 Å². The Balaban J connectivity index is 5.42. The third-order valence-electron chi connectivity index (χ3n) is 3.91. The first-order chi connectivity index (χ1) is 12.1. The molecular weight excluding hydrogens is 408 g/mol. The van der Waals surface area contributed by atoms with Crippen molar-refractivity contribution >= 4 is 55.8 Å². The summed E-state index contributed by atoms with van der Waals surface area (Å²) in [5.74, 6) is -2.22. The summed E-state index contributed by atoms with van der Waals surface area (Å²) >= 11 is 13.2. The zero-order valence-electron chi connectivity index (χ0n) is 14.1. The van der Waals surface area contributed by atoms with Crippen molar-refractivity contribution in [1.82, 2.24) is 0 Å². The van der Waals surface area contributed by atoms with Gasteiger partial charge < -0.3 is 29.5 Å². The van der Waals surface area contributed by atoms with Crippen LogP contribution in [0.1, 0.15) is 26.2 Å². The van der Waals surface area contributed by atoms with Crippen molar-refractivity contribution in [3.63, 3.8) is 0 Å². The normalized spacial score (nSPS) is 14.9. The fourth-order valence-corrected chi connectivity index (χ4v) is 4.07. The second-order valence-electron chi connectivity index (χ2n) is 5.46. The smallest absolute Gasteiger partial charge is 0.309 e. The van der Waals surface area contributed by atoms with Crippen molar-refractivity contribution in [1.29, 1.82) is 0 Å². The Morgan fingerprint density at radius 2 is 0.962 bits per heavy atom. The molecule has 0 saturated carbocycles. The summed E-state index contributed by atoms with van der Waals surface area (Å²) in [7, 11) is 0. The van der Waals surface area contributed by atoms with E-state index in [0.29, 0.717) is 0 Å². The van der Waals surface area contributed by atoms with Gasteiger partial charge in [0.05, 0.1) is 19.3 Å². The molecule has 0 radical (unpaired) electrons. The Labute approximate surface area is 167 Å². The van der Waals surface area contributed by atoms with E-state index < -0.39 is 59.5 Å². The lowest BCUT2D eigenvalue weighted by Crippen LogP contribution is -2.47. The van der Waals surface area contributed by atoms with Crippen molar-refractivity contribution < 1.29 is 43.9 Å². The number of ether oxygens (including phenoxy) is 3. The molecule has 0 bridgehead atoms. The number of thiol groups is 3. The lowest BCUT2D eigenvalue weighted by molar-refractivity contribution is -0.152. The summed E-state index contributed by atoms with van der Waals surface area (Å²) in [5.41, 5.74) is -1.09. The lowest BCUT2D eigenvalue weighted by atomic mass is 9.75. The van der Waals surface area contributed by atoms with Crippen LogP contribution < -0.4 is 0 Å². The number of hydrogen-bond donors (Lipinski definition) is 6. The van der Waals surface area contributed by atoms with Crippen molar-refractivity contribution in [2.24, 2.45) is 5.41 Å². The second kappa shape index (κ2) is 12.7. The predicted molar refractivity (Wildman–Crippen MR) is 99.8 cm³/mol. The van der Waals surface area contributed by atoms with Gasteiger partial charge in [0.25, 0.3) is 0 Å². The molecule has 0 aromatic rings. The molecular formula is C14H24O9S3. The Kier molecular flexibility index (Phi) is 12.4. The first-order valence-corrected chi connectivity index (χ1v) is 9.01. The Bertz CT molecular complexity index is 410. The van der Waals surface area contributed by atoms with Gasteiger partial charge in [-0.2, -0.15) is 37.9 Å². The van der Waals surface area contributed by atoms with Crippen molar-refractivity contribution in [3.8, 4) is 0 Å². The van der Waals surface area contributed by atoms with Gasteiger partial charge in [-0.25, -0.2) is 0 Å². The molecule has 0 aromatic carbocycles. The van der Waals surface area contributed by atoms with E-state index in [-0.39, 0.29) is 19.3 Å². The predicted octanol–water partition coefficient (Wildman–Crippen LogP) is -0.463. The average molecular weight is 433 g/mol. The maximum atomic E-state index is 11.7. The van der Waals surface area contributed by atoms with Crippen LogP contribution in [0.25, 0.3) is 0 Å². The highest BCUT2D eigenvalue weighted by molar-refractivity contribution is 7.83. The molecule has 152 valence electrons. The first kappa shape index (κ1) is 25.3. The molecule has 0 spiro atoms. The number of hydrogen-bond acceptors (Lipinski definition) is 12. The Morgan fingerprint density at radius 3 is 1.15 bits per heavy atom. The summed E-state index contributed by atoms with van der Waals surface area (Å²) in [6, 6.07) is 0. The molecule has 0 rings (SSSR count). The first-order valence-electron chi connectivity index (χ1n) is 7.47. The molecule has 12 heteroatoms. The van der Waals surface area contributed by atoms with Gasteiger partial charge in [-0.15, -0.1) is 0 Å². The van der Waals surface area contributed by atoms with E-state index in [0.717, 1.165) is 0 Å². The van der Waals surface area contributed by atoms with E-state index in [1.807, 2.05) is 0 Å². The van der Waals surface area contributed by atoms with Crippen molar-refractivity contribution in [2.45, 2.75) is 41.9 Å². The standard InChI is InChI=1S/C14H24O9S3/c1-14(8(24)2-11(18)21-5-15,9(25)3-12(19)22-6-16)10(26)4-13(20)23-7-17/h8-10,15-17,24-26H,2-7H2,1H3/t8-,9-,10-/m0/s1. The third-order valence-corrected chi connectivity index (χ3v) is 6.13. The highest BCUT2D eigenvalue weighted by Gasteiger charge is 2.46. The van der Waals surface area contributed by atoms with Gasteiger partial charge in [0, 0.05) is 21.2 Å². The Hall–Kier alpha value is -0.660. The fourth-order valence-electron chi connectivity index (χ4n) is 2.19. The highest BCUT2D eigenvalue weighted by Crippen LogP contribution is 2.44. The molecule has 3 atom stereocenters. The second-order valence-corrected chi connectivity index (χ2v) is 7.33. The number of esters is 3. The zero-order chi connectivity index (χ0) is 20.3. The number of aliphatic hydroxyl groups excluding tert-OH is 3. The van der Waals surface area contributed by atoms with Crippen LogP contribution in [-0.2, 0) is 28.6 Å². The largest absolute Gasteiger partial charge is 0.439 e. The maximum Gasteiger partial charge on any atom is 0.309 e. The summed E-state index contributed by atoms with van der Waals surface area (Å²) < 4.78 is 13.4. The molecule has 26 heavy (non-hydrogen) atoms. The van der Waals surface area contributed by atoms with Crippen LogP contribution in [0.4, 0.5) is 0 Å². The van der Waals surface area contributed by atoms with Gasteiger partial charge in [-0.05, 0) is 0 Å². The van der Waals surface area contributed by atoms with E-state index in [4.69, 9.17) is 15.3 Å². The zero-order valence-corrected chi connectivity index (χ0v) is 16.8. The minimum Gasteiger partial charge on any atom is -0.439 e. The molecule has 0 amide bonds. The number of carbonyl (C=O) groups is 3. The SMILES string of the molecule is CC([C@@H](S)CC(=O)OCO)([C@@H](S)CC(=O)OCO)[C@@H](S)CC(=O)OCO. The average Bonchev–Trinajstić information content (AvgIpc) is 2.54. The monoisotopic (exact) mass is 432 g/mol. The summed E-state index contributed by atoms with van der Waals surface area (Å²) in [5, 5.41) is 23.7. The number of aliphatic hydroxyl groups is 3. The van der Waals surface area contributed by atoms with Crippen LogP contribution >= 0.6 is 37.9 Å². The van der Waals surface area contributed by atoms with Crippen LogP contribution in [0.15, 0.2) is 0 Å². The molecule has 3 N–H and O–H groups in total. The molecule has 9 nitrogen and oxygen atoms in total. The van der Waals surface area contributed by atoms with Gasteiger partial charge in [0.15, 0.2) is 20.4 Å². The molecule has 0 heterocycles. The van der Waals surface area contributed by atoms with E-state index >= 15 is 0 Å². The van der Waals surface area contributed by atoms with Gasteiger partial charge in [-0.3, -0.25) is 14.4 Å². The van der Waals surface area contributed by atoms with Crippen molar-refractivity contribution in [3.05, 3.63) is 0 Å². The van der Waals surface area contributed by atoms with Crippen LogP contribution in [0.5, 0.6) is 0 Å². The highest BCUT2D eigenvalue weighted by atomic mass is 32.1. The summed E-state index contributed by atoms with van der Waals surface area (Å²) in [4.78, 5) is 35.0. The van der Waals surface area contributed by atoms with Crippen molar-refractivity contribution in [2.75, 3.05) is 20.4 Å². The van der Waals surface area contributed by atoms with E-state index in [2.05, 4.69) is 52.1 Å². The maximum absolute atomic E-state index is 11.7. The summed E-state index contributed by atoms with van der Waals surface area (Å²) in [6.45, 7) is -0.770. The minimum atomic E-state index is -1.09. The van der Waals surface area contributed by atoms with E-state index in [1.54, 1.807) is 6.92 Å². The molecule has 0 aliphatic carbocycles. The number of carbonyl (C=O) groups excluding carboxylic acids is 3. The Morgan fingerprint density at radius 1 is 0.731 bits per heavy atom. The summed E-state index contributed by atoms with van der Waals surface area (Å²) in [6.07, 6.45) is -0.755. The fraction of sp³-hybridized carbons (Fsp3) is 0.786. The quantitative estimate of drug-likeness (QED) is 0.105. The lowest BCUT2D eigenvalue weighted by Gasteiger charge is -2.43. The number of rotatable bonds is 12. The van der Waals surface area contributed by atoms with Crippen LogP contribution in [0.2, 0.25) is 0 Å². The van der Waals surface area contributed by atoms with Gasteiger partial charge >= 0.3 is 17.9 Å². The van der Waals surface area contributed by atoms with E-state index in [1.165, 1.54) is 0 Å². The molecule has 0 unspecified atom stereocenters. The molecule has 0 aliphatic heterocycles. The third kappa shape index (κ3) is 7.92. The molecule has 0 aromatic heterocycles. The molecule has 0 saturated heterocycles. The topological polar surface area (TPSA) is 140 Å².